The van der Waals surface area contributed by atoms with Gasteiger partial charge in [-0.15, -0.1) is 0 Å². The Kier molecular flexibility index (Phi) is 5.77. The number of nitrogens with one attached hydrogen (secondary N) is 1. The van der Waals surface area contributed by atoms with Gasteiger partial charge in [0, 0.05) is 26.2 Å². The molecule has 23 heavy (non-hydrogen) atoms. The van der Waals surface area contributed by atoms with Gasteiger partial charge in [0.05, 0.1) is 6.61 Å². The van der Waals surface area contributed by atoms with Crippen LogP contribution in [0, 0.1) is 5.41 Å². The van der Waals surface area contributed by atoms with Crippen molar-refractivity contribution in [3.05, 3.63) is 35.9 Å². The Morgan fingerprint density at radius 1 is 1.26 bits per heavy atom. The summed E-state index contributed by atoms with van der Waals surface area (Å²) in [6.45, 7) is 5.39. The quantitative estimate of drug-likeness (QED) is 0.589. The molecule has 0 aliphatic heterocycles. The van der Waals surface area contributed by atoms with E-state index >= 15 is 0 Å². The molecule has 5 nitrogen and oxygen atoms in total. The molecule has 0 heterocycles. The van der Waals surface area contributed by atoms with E-state index in [1.807, 2.05) is 44.2 Å². The standard InChI is InChI=1S/C18H26N2O3/c1-14(2)20(13-15-7-5-4-6-8-15)17(22)18(9-10-18)16(21)19-11-12-23-3/h4-8,14H,9-13H2,1-3H3,(H,19,21). The lowest BCUT2D eigenvalue weighted by Gasteiger charge is -2.30. The van der Waals surface area contributed by atoms with Crippen LogP contribution in [0.2, 0.25) is 0 Å². The van der Waals surface area contributed by atoms with E-state index in [-0.39, 0.29) is 17.9 Å². The van der Waals surface area contributed by atoms with Gasteiger partial charge in [0.15, 0.2) is 0 Å². The monoisotopic (exact) mass is 318 g/mol. The zero-order chi connectivity index (χ0) is 16.9. The molecule has 0 unspecified atom stereocenters. The van der Waals surface area contributed by atoms with Crippen LogP contribution < -0.4 is 5.32 Å². The molecule has 5 heteroatoms. The van der Waals surface area contributed by atoms with Crippen LogP contribution in [-0.4, -0.2) is 43.0 Å². The molecule has 126 valence electrons. The Balaban J connectivity index is 2.07. The number of ether oxygens (including phenoxy) is 1. The van der Waals surface area contributed by atoms with Crippen molar-refractivity contribution in [2.45, 2.75) is 39.3 Å². The molecule has 0 aromatic heterocycles. The molecule has 1 fully saturated rings. The molecule has 1 aromatic rings. The SMILES string of the molecule is COCCNC(=O)C1(C(=O)N(Cc2ccccc2)C(C)C)CC1. The van der Waals surface area contributed by atoms with E-state index < -0.39 is 5.41 Å². The van der Waals surface area contributed by atoms with Gasteiger partial charge in [0.1, 0.15) is 5.41 Å². The van der Waals surface area contributed by atoms with Crippen molar-refractivity contribution >= 4 is 11.8 Å². The van der Waals surface area contributed by atoms with Gasteiger partial charge in [0.2, 0.25) is 11.8 Å². The summed E-state index contributed by atoms with van der Waals surface area (Å²) < 4.78 is 4.94. The summed E-state index contributed by atoms with van der Waals surface area (Å²) in [5.41, 5.74) is 0.206. The van der Waals surface area contributed by atoms with Crippen LogP contribution in [0.15, 0.2) is 30.3 Å². The van der Waals surface area contributed by atoms with Gasteiger partial charge >= 0.3 is 0 Å². The molecule has 0 saturated heterocycles. The highest BCUT2D eigenvalue weighted by atomic mass is 16.5. The zero-order valence-corrected chi connectivity index (χ0v) is 14.2. The number of carbonyl (C=O) groups is 2. The Hall–Kier alpha value is -1.88. The molecular weight excluding hydrogens is 292 g/mol. The minimum atomic E-state index is -0.868. The van der Waals surface area contributed by atoms with Gasteiger partial charge in [0.25, 0.3) is 0 Å². The fraction of sp³-hybridized carbons (Fsp3) is 0.556. The van der Waals surface area contributed by atoms with Crippen molar-refractivity contribution in [3.63, 3.8) is 0 Å². The van der Waals surface area contributed by atoms with Crippen LogP contribution in [-0.2, 0) is 20.9 Å². The summed E-state index contributed by atoms with van der Waals surface area (Å²) in [4.78, 5) is 27.2. The topological polar surface area (TPSA) is 58.6 Å². The molecule has 1 aliphatic rings. The number of rotatable bonds is 8. The fourth-order valence-electron chi connectivity index (χ4n) is 2.64. The third-order valence-electron chi connectivity index (χ3n) is 4.27. The summed E-state index contributed by atoms with van der Waals surface area (Å²) in [6, 6.07) is 9.93. The first-order valence-electron chi connectivity index (χ1n) is 8.13. The van der Waals surface area contributed by atoms with Gasteiger partial charge in [-0.3, -0.25) is 9.59 Å². The van der Waals surface area contributed by atoms with E-state index in [9.17, 15) is 9.59 Å². The first-order valence-corrected chi connectivity index (χ1v) is 8.13. The number of nitrogens with zero attached hydrogens (tertiary/aromatic N) is 1. The number of hydrogen-bond donors (Lipinski definition) is 1. The maximum absolute atomic E-state index is 13.0. The normalized spacial score (nSPS) is 15.3. The molecule has 0 bridgehead atoms. The minimum Gasteiger partial charge on any atom is -0.383 e. The van der Waals surface area contributed by atoms with Crippen molar-refractivity contribution in [2.24, 2.45) is 5.41 Å². The summed E-state index contributed by atoms with van der Waals surface area (Å²) in [5, 5.41) is 2.81. The van der Waals surface area contributed by atoms with Crippen LogP contribution in [0.5, 0.6) is 0 Å². The van der Waals surface area contributed by atoms with E-state index in [1.54, 1.807) is 12.0 Å². The van der Waals surface area contributed by atoms with Gasteiger partial charge < -0.3 is 15.0 Å². The van der Waals surface area contributed by atoms with Crippen molar-refractivity contribution in [3.8, 4) is 0 Å². The number of hydrogen-bond acceptors (Lipinski definition) is 3. The molecular formula is C18H26N2O3. The lowest BCUT2D eigenvalue weighted by molar-refractivity contribution is -0.146. The van der Waals surface area contributed by atoms with E-state index in [2.05, 4.69) is 5.32 Å². The van der Waals surface area contributed by atoms with Crippen LogP contribution in [0.3, 0.4) is 0 Å². The van der Waals surface area contributed by atoms with Gasteiger partial charge in [-0.1, -0.05) is 30.3 Å². The number of methoxy groups -OCH3 is 1. The average Bonchev–Trinajstić information content (AvgIpc) is 3.34. The summed E-state index contributed by atoms with van der Waals surface area (Å²) in [6.07, 6.45) is 1.26. The van der Waals surface area contributed by atoms with Crippen LogP contribution in [0.1, 0.15) is 32.3 Å². The van der Waals surface area contributed by atoms with Crippen LogP contribution in [0.25, 0.3) is 0 Å². The zero-order valence-electron chi connectivity index (χ0n) is 14.2. The Morgan fingerprint density at radius 2 is 1.91 bits per heavy atom. The molecule has 2 amide bonds. The smallest absolute Gasteiger partial charge is 0.238 e. The Labute approximate surface area is 138 Å². The predicted molar refractivity (Wildman–Crippen MR) is 88.7 cm³/mol. The summed E-state index contributed by atoms with van der Waals surface area (Å²) >= 11 is 0. The molecule has 1 saturated carbocycles. The highest BCUT2D eigenvalue weighted by Gasteiger charge is 2.58. The predicted octanol–water partition coefficient (Wildman–Crippen LogP) is 1.97. The minimum absolute atomic E-state index is 0.0481. The number of benzene rings is 1. The van der Waals surface area contributed by atoms with Gasteiger partial charge in [-0.05, 0) is 32.3 Å². The van der Waals surface area contributed by atoms with Crippen molar-refractivity contribution in [1.82, 2.24) is 10.2 Å². The van der Waals surface area contributed by atoms with E-state index in [0.29, 0.717) is 32.5 Å². The van der Waals surface area contributed by atoms with Crippen LogP contribution >= 0.6 is 0 Å². The third kappa shape index (κ3) is 4.10. The first-order chi connectivity index (χ1) is 11.0. The largest absolute Gasteiger partial charge is 0.383 e. The van der Waals surface area contributed by atoms with E-state index in [0.717, 1.165) is 5.56 Å². The highest BCUT2D eigenvalue weighted by molar-refractivity contribution is 6.07. The van der Waals surface area contributed by atoms with E-state index in [1.165, 1.54) is 0 Å². The number of amides is 2. The van der Waals surface area contributed by atoms with Crippen molar-refractivity contribution < 1.29 is 14.3 Å². The van der Waals surface area contributed by atoms with E-state index in [4.69, 9.17) is 4.74 Å². The lowest BCUT2D eigenvalue weighted by Crippen LogP contribution is -2.47. The number of carbonyl (C=O) groups excluding carboxylic acids is 2. The molecule has 1 N–H and O–H groups in total. The van der Waals surface area contributed by atoms with Crippen molar-refractivity contribution in [2.75, 3.05) is 20.3 Å². The molecule has 1 aliphatic carbocycles. The molecule has 0 radical (unpaired) electrons. The molecule has 1 aromatic carbocycles. The lowest BCUT2D eigenvalue weighted by atomic mass is 10.0. The summed E-state index contributed by atoms with van der Waals surface area (Å²) in [7, 11) is 1.59. The Bertz CT molecular complexity index is 538. The fourth-order valence-corrected chi connectivity index (χ4v) is 2.64. The third-order valence-corrected chi connectivity index (χ3v) is 4.27. The molecule has 0 atom stereocenters. The maximum Gasteiger partial charge on any atom is 0.238 e. The second kappa shape index (κ2) is 7.59. The maximum atomic E-state index is 13.0. The van der Waals surface area contributed by atoms with Gasteiger partial charge in [-0.2, -0.15) is 0 Å². The molecule has 2 rings (SSSR count). The average molecular weight is 318 g/mol. The first kappa shape index (κ1) is 17.5. The second-order valence-electron chi connectivity index (χ2n) is 6.34. The summed E-state index contributed by atoms with van der Waals surface area (Å²) in [5.74, 6) is -0.232. The van der Waals surface area contributed by atoms with Crippen LogP contribution in [0.4, 0.5) is 0 Å². The second-order valence-corrected chi connectivity index (χ2v) is 6.34. The highest BCUT2D eigenvalue weighted by Crippen LogP contribution is 2.48. The van der Waals surface area contributed by atoms with Gasteiger partial charge in [-0.25, -0.2) is 0 Å². The van der Waals surface area contributed by atoms with Crippen molar-refractivity contribution in [1.29, 1.82) is 0 Å². The Morgan fingerprint density at radius 3 is 2.43 bits per heavy atom. The molecule has 0 spiro atoms.